The van der Waals surface area contributed by atoms with Crippen molar-refractivity contribution in [2.24, 2.45) is 11.8 Å². The zero-order valence-corrected chi connectivity index (χ0v) is 11.2. The fraction of sp³-hybridized carbons (Fsp3) is 0.917. The Labute approximate surface area is 103 Å². The summed E-state index contributed by atoms with van der Waals surface area (Å²) in [5, 5.41) is 8.71. The lowest BCUT2D eigenvalue weighted by Crippen LogP contribution is -2.46. The minimum Gasteiger partial charge on any atom is -0.444 e. The maximum atomic E-state index is 11.9. The van der Waals surface area contributed by atoms with Gasteiger partial charge < -0.3 is 14.8 Å². The van der Waals surface area contributed by atoms with Gasteiger partial charge in [0.25, 0.3) is 0 Å². The molecule has 0 spiro atoms. The number of piperidine rings is 1. The monoisotopic (exact) mass is 244 g/mol. The number of hydroxylamine groups is 1. The van der Waals surface area contributed by atoms with Crippen LogP contribution in [-0.4, -0.2) is 41.4 Å². The summed E-state index contributed by atoms with van der Waals surface area (Å²) in [6.45, 7) is 9.69. The van der Waals surface area contributed by atoms with Crippen molar-refractivity contribution in [1.29, 1.82) is 0 Å². The summed E-state index contributed by atoms with van der Waals surface area (Å²) in [6, 6.07) is 0. The standard InChI is InChI=1S/C12H24N2O3/c1-9-8-14(6-5-10(9)7-13-16)11(15)17-12(2,3)4/h9-10,13,16H,5-8H2,1-4H3. The molecule has 1 aliphatic heterocycles. The number of nitrogens with one attached hydrogen (secondary N) is 1. The van der Waals surface area contributed by atoms with Crippen LogP contribution in [0.4, 0.5) is 4.79 Å². The molecular formula is C12H24N2O3. The minimum absolute atomic E-state index is 0.236. The average molecular weight is 244 g/mol. The maximum Gasteiger partial charge on any atom is 0.410 e. The highest BCUT2D eigenvalue weighted by molar-refractivity contribution is 5.68. The van der Waals surface area contributed by atoms with Gasteiger partial charge in [0.2, 0.25) is 0 Å². The summed E-state index contributed by atoms with van der Waals surface area (Å²) in [6.07, 6.45) is 0.660. The maximum absolute atomic E-state index is 11.9. The van der Waals surface area contributed by atoms with Crippen LogP contribution in [0.1, 0.15) is 34.1 Å². The lowest BCUT2D eigenvalue weighted by molar-refractivity contribution is 0.00895. The summed E-state index contributed by atoms with van der Waals surface area (Å²) < 4.78 is 5.34. The molecule has 1 saturated heterocycles. The molecule has 0 aromatic carbocycles. The van der Waals surface area contributed by atoms with E-state index in [1.807, 2.05) is 20.8 Å². The molecule has 2 N–H and O–H groups in total. The largest absolute Gasteiger partial charge is 0.444 e. The number of amides is 1. The third-order valence-electron chi connectivity index (χ3n) is 3.09. The van der Waals surface area contributed by atoms with Crippen molar-refractivity contribution in [3.63, 3.8) is 0 Å². The van der Waals surface area contributed by atoms with Crippen LogP contribution in [0.2, 0.25) is 0 Å². The van der Waals surface area contributed by atoms with E-state index in [9.17, 15) is 4.79 Å². The molecule has 0 aromatic rings. The van der Waals surface area contributed by atoms with Gasteiger partial charge in [0.1, 0.15) is 5.60 Å². The topological polar surface area (TPSA) is 61.8 Å². The summed E-state index contributed by atoms with van der Waals surface area (Å²) in [5.41, 5.74) is 1.77. The van der Waals surface area contributed by atoms with Gasteiger partial charge in [0, 0.05) is 19.6 Å². The number of nitrogens with zero attached hydrogens (tertiary/aromatic N) is 1. The lowest BCUT2D eigenvalue weighted by atomic mass is 9.87. The molecule has 1 aliphatic rings. The molecule has 2 unspecified atom stereocenters. The molecule has 17 heavy (non-hydrogen) atoms. The molecule has 1 amide bonds. The third-order valence-corrected chi connectivity index (χ3v) is 3.09. The smallest absolute Gasteiger partial charge is 0.410 e. The number of carbonyl (C=O) groups excluding carboxylic acids is 1. The van der Waals surface area contributed by atoms with Gasteiger partial charge in [-0.3, -0.25) is 0 Å². The van der Waals surface area contributed by atoms with Crippen LogP contribution < -0.4 is 5.48 Å². The van der Waals surface area contributed by atoms with Gasteiger partial charge in [-0.05, 0) is 39.0 Å². The third kappa shape index (κ3) is 4.52. The van der Waals surface area contributed by atoms with Gasteiger partial charge in [-0.25, -0.2) is 10.3 Å². The Morgan fingerprint density at radius 2 is 2.18 bits per heavy atom. The molecule has 5 nitrogen and oxygen atoms in total. The summed E-state index contributed by atoms with van der Waals surface area (Å²) in [4.78, 5) is 13.6. The van der Waals surface area contributed by atoms with Crippen LogP contribution in [0.15, 0.2) is 0 Å². The fourth-order valence-corrected chi connectivity index (χ4v) is 2.11. The van der Waals surface area contributed by atoms with Crippen molar-refractivity contribution in [3.8, 4) is 0 Å². The molecule has 0 saturated carbocycles. The molecule has 2 atom stereocenters. The SMILES string of the molecule is CC1CN(C(=O)OC(C)(C)C)CCC1CNO. The molecule has 100 valence electrons. The van der Waals surface area contributed by atoms with Gasteiger partial charge >= 0.3 is 6.09 Å². The number of carbonyl (C=O) groups is 1. The van der Waals surface area contributed by atoms with E-state index in [1.165, 1.54) is 0 Å². The minimum atomic E-state index is -0.441. The molecule has 0 aromatic heterocycles. The highest BCUT2D eigenvalue weighted by Crippen LogP contribution is 2.24. The number of ether oxygens (including phenoxy) is 1. The van der Waals surface area contributed by atoms with Gasteiger partial charge in [-0.15, -0.1) is 0 Å². The lowest BCUT2D eigenvalue weighted by Gasteiger charge is -2.37. The molecule has 0 bridgehead atoms. The van der Waals surface area contributed by atoms with Crippen LogP contribution in [-0.2, 0) is 4.74 Å². The van der Waals surface area contributed by atoms with E-state index < -0.39 is 5.60 Å². The van der Waals surface area contributed by atoms with Crippen LogP contribution in [0.25, 0.3) is 0 Å². The van der Waals surface area contributed by atoms with Gasteiger partial charge in [-0.1, -0.05) is 6.92 Å². The van der Waals surface area contributed by atoms with Crippen molar-refractivity contribution in [2.45, 2.75) is 39.7 Å². The highest BCUT2D eigenvalue weighted by atomic mass is 16.6. The first-order valence-corrected chi connectivity index (χ1v) is 6.18. The predicted molar refractivity (Wildman–Crippen MR) is 64.9 cm³/mol. The molecule has 0 aliphatic carbocycles. The second-order valence-corrected chi connectivity index (χ2v) is 5.81. The van der Waals surface area contributed by atoms with E-state index in [2.05, 4.69) is 12.4 Å². The van der Waals surface area contributed by atoms with E-state index in [4.69, 9.17) is 9.94 Å². The van der Waals surface area contributed by atoms with E-state index in [0.717, 1.165) is 6.42 Å². The molecule has 1 rings (SSSR count). The second kappa shape index (κ2) is 5.69. The zero-order valence-electron chi connectivity index (χ0n) is 11.2. The zero-order chi connectivity index (χ0) is 13.1. The Morgan fingerprint density at radius 1 is 1.53 bits per heavy atom. The Morgan fingerprint density at radius 3 is 2.65 bits per heavy atom. The molecule has 1 heterocycles. The van der Waals surface area contributed by atoms with E-state index in [-0.39, 0.29) is 6.09 Å². The molecule has 1 fully saturated rings. The summed E-state index contributed by atoms with van der Waals surface area (Å²) in [5.74, 6) is 0.787. The normalized spacial score (nSPS) is 25.8. The first-order chi connectivity index (χ1) is 7.83. The summed E-state index contributed by atoms with van der Waals surface area (Å²) >= 11 is 0. The first kappa shape index (κ1) is 14.3. The van der Waals surface area contributed by atoms with Gasteiger partial charge in [-0.2, -0.15) is 0 Å². The van der Waals surface area contributed by atoms with Gasteiger partial charge in [0.15, 0.2) is 0 Å². The van der Waals surface area contributed by atoms with Crippen LogP contribution >= 0.6 is 0 Å². The fourth-order valence-electron chi connectivity index (χ4n) is 2.11. The predicted octanol–water partition coefficient (Wildman–Crippen LogP) is 1.86. The van der Waals surface area contributed by atoms with Crippen molar-refractivity contribution in [1.82, 2.24) is 10.4 Å². The molecule has 0 radical (unpaired) electrons. The first-order valence-electron chi connectivity index (χ1n) is 6.18. The van der Waals surface area contributed by atoms with Crippen molar-refractivity contribution in [3.05, 3.63) is 0 Å². The number of hydrogen-bond donors (Lipinski definition) is 2. The second-order valence-electron chi connectivity index (χ2n) is 5.81. The number of rotatable bonds is 2. The molecular weight excluding hydrogens is 220 g/mol. The van der Waals surface area contributed by atoms with Crippen molar-refractivity contribution < 1.29 is 14.7 Å². The highest BCUT2D eigenvalue weighted by Gasteiger charge is 2.30. The van der Waals surface area contributed by atoms with Crippen molar-refractivity contribution in [2.75, 3.05) is 19.6 Å². The van der Waals surface area contributed by atoms with E-state index >= 15 is 0 Å². The quantitative estimate of drug-likeness (QED) is 0.728. The van der Waals surface area contributed by atoms with Crippen LogP contribution in [0.3, 0.4) is 0 Å². The number of hydrogen-bond acceptors (Lipinski definition) is 4. The molecule has 5 heteroatoms. The Hall–Kier alpha value is -0.810. The summed E-state index contributed by atoms with van der Waals surface area (Å²) in [7, 11) is 0. The Balaban J connectivity index is 2.46. The Kier molecular flexibility index (Phi) is 4.77. The van der Waals surface area contributed by atoms with E-state index in [0.29, 0.717) is 31.5 Å². The Bertz CT molecular complexity index is 263. The van der Waals surface area contributed by atoms with Crippen LogP contribution in [0.5, 0.6) is 0 Å². The van der Waals surface area contributed by atoms with Crippen LogP contribution in [0, 0.1) is 11.8 Å². The van der Waals surface area contributed by atoms with Crippen molar-refractivity contribution >= 4 is 6.09 Å². The van der Waals surface area contributed by atoms with E-state index in [1.54, 1.807) is 4.90 Å². The average Bonchev–Trinajstić information content (AvgIpc) is 2.18. The van der Waals surface area contributed by atoms with Gasteiger partial charge in [0.05, 0.1) is 0 Å². The number of likely N-dealkylation sites (tertiary alicyclic amines) is 1.